The maximum atomic E-state index is 10.8. The van der Waals surface area contributed by atoms with E-state index in [4.69, 9.17) is 5.11 Å². The zero-order valence-electron chi connectivity index (χ0n) is 7.18. The topological polar surface area (TPSA) is 59.3 Å². The van der Waals surface area contributed by atoms with Crippen molar-refractivity contribution in [2.75, 3.05) is 0 Å². The van der Waals surface area contributed by atoms with Crippen molar-refractivity contribution in [3.63, 3.8) is 0 Å². The van der Waals surface area contributed by atoms with Gasteiger partial charge in [0.15, 0.2) is 6.29 Å². The predicted molar refractivity (Wildman–Crippen MR) is 50.7 cm³/mol. The van der Waals surface area contributed by atoms with Crippen molar-refractivity contribution in [1.29, 1.82) is 0 Å². The number of hydrogen-bond donors (Lipinski definition) is 1. The van der Waals surface area contributed by atoms with Crippen LogP contribution in [0.5, 0.6) is 0 Å². The van der Waals surface area contributed by atoms with E-state index in [-0.39, 0.29) is 0 Å². The summed E-state index contributed by atoms with van der Waals surface area (Å²) in [5.41, 5.74) is 0.921. The van der Waals surface area contributed by atoms with Gasteiger partial charge in [-0.2, -0.15) is 0 Å². The number of aromatic nitrogens is 1. The van der Waals surface area contributed by atoms with Gasteiger partial charge < -0.3 is 5.11 Å². The smallest absolute Gasteiger partial charge is 0.416 e. The minimum atomic E-state index is -1.09. The Morgan fingerprint density at radius 2 is 2.07 bits per heavy atom. The summed E-state index contributed by atoms with van der Waals surface area (Å²) >= 11 is 0. The van der Waals surface area contributed by atoms with Gasteiger partial charge in [-0.3, -0.25) is 9.36 Å². The molecule has 0 amide bonds. The molecule has 4 heteroatoms. The van der Waals surface area contributed by atoms with E-state index in [0.717, 1.165) is 4.57 Å². The monoisotopic (exact) mass is 189 g/mol. The van der Waals surface area contributed by atoms with E-state index < -0.39 is 6.09 Å². The van der Waals surface area contributed by atoms with E-state index in [2.05, 4.69) is 0 Å². The number of fused-ring (bicyclic) bond motifs is 1. The molecule has 0 atom stereocenters. The van der Waals surface area contributed by atoms with Crippen LogP contribution in [-0.2, 0) is 0 Å². The van der Waals surface area contributed by atoms with Crippen LogP contribution in [0.15, 0.2) is 30.5 Å². The van der Waals surface area contributed by atoms with Crippen molar-refractivity contribution in [3.05, 3.63) is 36.0 Å². The van der Waals surface area contributed by atoms with Crippen LogP contribution in [0, 0.1) is 0 Å². The van der Waals surface area contributed by atoms with Crippen LogP contribution < -0.4 is 0 Å². The molecule has 0 unspecified atom stereocenters. The highest BCUT2D eigenvalue weighted by Crippen LogP contribution is 2.19. The first-order valence-corrected chi connectivity index (χ1v) is 4.02. The number of carboxylic acid groups (broad SMARTS) is 1. The molecule has 0 radical (unpaired) electrons. The fourth-order valence-electron chi connectivity index (χ4n) is 1.46. The molecule has 0 aliphatic heterocycles. The molecular formula is C10H7NO3. The lowest BCUT2D eigenvalue weighted by molar-refractivity contribution is 0.112. The zero-order chi connectivity index (χ0) is 10.1. The Hall–Kier alpha value is -2.10. The van der Waals surface area contributed by atoms with Gasteiger partial charge in [0.1, 0.15) is 0 Å². The van der Waals surface area contributed by atoms with Gasteiger partial charge in [-0.1, -0.05) is 18.2 Å². The second-order valence-corrected chi connectivity index (χ2v) is 2.87. The normalized spacial score (nSPS) is 10.3. The standard InChI is InChI=1S/C10H7NO3/c12-6-7-5-11(10(13)14)9-4-2-1-3-8(7)9/h1-6H,(H,13,14). The van der Waals surface area contributed by atoms with Crippen LogP contribution in [0.25, 0.3) is 10.9 Å². The number of benzene rings is 1. The number of carbonyl (C=O) groups is 2. The third-order valence-corrected chi connectivity index (χ3v) is 2.08. The van der Waals surface area contributed by atoms with Crippen LogP contribution in [0.2, 0.25) is 0 Å². The summed E-state index contributed by atoms with van der Waals surface area (Å²) in [5, 5.41) is 9.50. The Kier molecular flexibility index (Phi) is 1.81. The maximum absolute atomic E-state index is 10.8. The Bertz CT molecular complexity index is 513. The summed E-state index contributed by atoms with van der Waals surface area (Å²) < 4.78 is 1.04. The van der Waals surface area contributed by atoms with Crippen molar-refractivity contribution in [1.82, 2.24) is 4.57 Å². The van der Waals surface area contributed by atoms with Gasteiger partial charge >= 0.3 is 6.09 Å². The molecule has 0 saturated carbocycles. The van der Waals surface area contributed by atoms with Crippen molar-refractivity contribution in [3.8, 4) is 0 Å². The molecule has 0 aliphatic carbocycles. The van der Waals surface area contributed by atoms with Gasteiger partial charge in [-0.05, 0) is 6.07 Å². The largest absolute Gasteiger partial charge is 0.464 e. The minimum Gasteiger partial charge on any atom is -0.464 e. The number of rotatable bonds is 1. The molecule has 2 aromatic rings. The Morgan fingerprint density at radius 1 is 1.36 bits per heavy atom. The average molecular weight is 189 g/mol. The molecule has 0 spiro atoms. The SMILES string of the molecule is O=Cc1cn(C(=O)O)c2ccccc12. The van der Waals surface area contributed by atoms with E-state index in [1.807, 2.05) is 0 Å². The molecular weight excluding hydrogens is 182 g/mol. The number of para-hydroxylation sites is 1. The Labute approximate surface area is 79.4 Å². The van der Waals surface area contributed by atoms with E-state index in [9.17, 15) is 9.59 Å². The summed E-state index contributed by atoms with van der Waals surface area (Å²) in [6, 6.07) is 6.88. The first-order valence-electron chi connectivity index (χ1n) is 4.02. The van der Waals surface area contributed by atoms with Crippen molar-refractivity contribution in [2.24, 2.45) is 0 Å². The fourth-order valence-corrected chi connectivity index (χ4v) is 1.46. The highest BCUT2D eigenvalue weighted by atomic mass is 16.4. The lowest BCUT2D eigenvalue weighted by Gasteiger charge is -1.95. The van der Waals surface area contributed by atoms with Crippen LogP contribution in [0.3, 0.4) is 0 Å². The third kappa shape index (κ3) is 1.08. The van der Waals surface area contributed by atoms with Crippen LogP contribution in [0.1, 0.15) is 10.4 Å². The lowest BCUT2D eigenvalue weighted by Crippen LogP contribution is -2.05. The Morgan fingerprint density at radius 3 is 2.71 bits per heavy atom. The Balaban J connectivity index is 2.86. The summed E-state index contributed by atoms with van der Waals surface area (Å²) in [7, 11) is 0. The first kappa shape index (κ1) is 8.50. The number of nitrogens with zero attached hydrogens (tertiary/aromatic N) is 1. The predicted octanol–water partition coefficient (Wildman–Crippen LogP) is 1.98. The summed E-state index contributed by atoms with van der Waals surface area (Å²) in [5.74, 6) is 0. The highest BCUT2D eigenvalue weighted by molar-refractivity contribution is 6.00. The zero-order valence-corrected chi connectivity index (χ0v) is 7.18. The third-order valence-electron chi connectivity index (χ3n) is 2.08. The molecule has 1 heterocycles. The molecule has 0 fully saturated rings. The molecule has 0 bridgehead atoms. The van der Waals surface area contributed by atoms with E-state index in [1.165, 1.54) is 6.20 Å². The molecule has 70 valence electrons. The van der Waals surface area contributed by atoms with Gasteiger partial charge in [0, 0.05) is 17.1 Å². The van der Waals surface area contributed by atoms with Gasteiger partial charge in [0.05, 0.1) is 5.52 Å². The van der Waals surface area contributed by atoms with Gasteiger partial charge in [-0.15, -0.1) is 0 Å². The minimum absolute atomic E-state index is 0.392. The van der Waals surface area contributed by atoms with Crippen molar-refractivity contribution < 1.29 is 14.7 Å². The second-order valence-electron chi connectivity index (χ2n) is 2.87. The number of carbonyl (C=O) groups excluding carboxylic acids is 1. The van der Waals surface area contributed by atoms with Crippen molar-refractivity contribution in [2.45, 2.75) is 0 Å². The van der Waals surface area contributed by atoms with E-state index in [1.54, 1.807) is 24.3 Å². The lowest BCUT2D eigenvalue weighted by atomic mass is 10.2. The molecule has 4 nitrogen and oxygen atoms in total. The van der Waals surface area contributed by atoms with Gasteiger partial charge in [0.2, 0.25) is 0 Å². The maximum Gasteiger partial charge on any atom is 0.416 e. The summed E-state index contributed by atoms with van der Waals surface area (Å²) in [4.78, 5) is 21.4. The molecule has 14 heavy (non-hydrogen) atoms. The average Bonchev–Trinajstić information content (AvgIpc) is 2.56. The molecule has 0 aliphatic rings. The van der Waals surface area contributed by atoms with Gasteiger partial charge in [0.25, 0.3) is 0 Å². The summed E-state index contributed by atoms with van der Waals surface area (Å²) in [6.45, 7) is 0. The second kappa shape index (κ2) is 2.99. The van der Waals surface area contributed by atoms with Gasteiger partial charge in [-0.25, -0.2) is 4.79 Å². The molecule has 1 aromatic heterocycles. The quantitative estimate of drug-likeness (QED) is 0.698. The summed E-state index contributed by atoms with van der Waals surface area (Å²) in [6.07, 6.45) is 0.885. The molecule has 0 saturated heterocycles. The van der Waals surface area contributed by atoms with Crippen molar-refractivity contribution >= 4 is 23.3 Å². The molecule has 1 N–H and O–H groups in total. The van der Waals surface area contributed by atoms with Crippen LogP contribution >= 0.6 is 0 Å². The molecule has 2 rings (SSSR count). The van der Waals surface area contributed by atoms with Crippen LogP contribution in [-0.4, -0.2) is 22.1 Å². The molecule has 1 aromatic carbocycles. The van der Waals surface area contributed by atoms with Crippen LogP contribution in [0.4, 0.5) is 4.79 Å². The van der Waals surface area contributed by atoms with E-state index >= 15 is 0 Å². The number of aldehydes is 1. The van der Waals surface area contributed by atoms with E-state index in [0.29, 0.717) is 22.8 Å². The number of hydrogen-bond acceptors (Lipinski definition) is 2. The fraction of sp³-hybridized carbons (Fsp3) is 0. The highest BCUT2D eigenvalue weighted by Gasteiger charge is 2.10. The first-order chi connectivity index (χ1) is 6.74.